The summed E-state index contributed by atoms with van der Waals surface area (Å²) in [5.41, 5.74) is 0.637. The Morgan fingerprint density at radius 1 is 1.35 bits per heavy atom. The van der Waals surface area contributed by atoms with Crippen LogP contribution in [0, 0.1) is 0 Å². The van der Waals surface area contributed by atoms with Gasteiger partial charge >= 0.3 is 0 Å². The third-order valence-electron chi connectivity index (χ3n) is 3.45. The van der Waals surface area contributed by atoms with Crippen molar-refractivity contribution in [1.29, 1.82) is 0 Å². The molecule has 1 fully saturated rings. The number of sulfone groups is 1. The molecule has 4 nitrogen and oxygen atoms in total. The predicted octanol–water partition coefficient (Wildman–Crippen LogP) is 1.68. The van der Waals surface area contributed by atoms with E-state index in [9.17, 15) is 13.2 Å². The van der Waals surface area contributed by atoms with Crippen molar-refractivity contribution < 1.29 is 13.2 Å². The zero-order chi connectivity index (χ0) is 14.6. The quantitative estimate of drug-likeness (QED) is 0.774. The maximum Gasteiger partial charge on any atom is 0.176 e. The van der Waals surface area contributed by atoms with Crippen LogP contribution in [0.15, 0.2) is 30.3 Å². The average Bonchev–Trinajstić information content (AvgIpc) is 2.48. The van der Waals surface area contributed by atoms with Crippen LogP contribution in [-0.4, -0.2) is 54.8 Å². The minimum Gasteiger partial charge on any atom is -0.293 e. The van der Waals surface area contributed by atoms with Gasteiger partial charge in [0.25, 0.3) is 0 Å². The van der Waals surface area contributed by atoms with Crippen LogP contribution in [0.2, 0.25) is 0 Å². The Morgan fingerprint density at radius 2 is 2.05 bits per heavy atom. The molecule has 1 aliphatic heterocycles. The maximum atomic E-state index is 12.2. The van der Waals surface area contributed by atoms with Crippen LogP contribution in [-0.2, 0) is 9.84 Å². The maximum absolute atomic E-state index is 12.2. The number of carbonyl (C=O) groups excluding carboxylic acids is 1. The summed E-state index contributed by atoms with van der Waals surface area (Å²) >= 11 is 1.64. The lowest BCUT2D eigenvalue weighted by molar-refractivity contribution is 0.0928. The highest BCUT2D eigenvalue weighted by atomic mass is 32.2. The molecule has 0 amide bonds. The van der Waals surface area contributed by atoms with Crippen LogP contribution in [0.1, 0.15) is 17.3 Å². The van der Waals surface area contributed by atoms with E-state index in [0.717, 1.165) is 5.75 Å². The van der Waals surface area contributed by atoms with Crippen molar-refractivity contribution in [3.05, 3.63) is 35.9 Å². The zero-order valence-corrected chi connectivity index (χ0v) is 13.1. The van der Waals surface area contributed by atoms with E-state index >= 15 is 0 Å². The third-order valence-corrected chi connectivity index (χ3v) is 6.78. The van der Waals surface area contributed by atoms with E-state index in [2.05, 4.69) is 0 Å². The second-order valence-electron chi connectivity index (χ2n) is 4.74. The van der Waals surface area contributed by atoms with Gasteiger partial charge < -0.3 is 0 Å². The lowest BCUT2D eigenvalue weighted by atomic mass is 10.1. The first kappa shape index (κ1) is 15.5. The minimum absolute atomic E-state index is 0.0196. The fourth-order valence-corrected chi connectivity index (χ4v) is 5.30. The number of rotatable bonds is 5. The summed E-state index contributed by atoms with van der Waals surface area (Å²) in [5, 5.41) is -0.529. The molecule has 20 heavy (non-hydrogen) atoms. The molecule has 0 aliphatic carbocycles. The van der Waals surface area contributed by atoms with Gasteiger partial charge in [-0.2, -0.15) is 11.8 Å². The van der Waals surface area contributed by atoms with Crippen LogP contribution in [0.4, 0.5) is 0 Å². The molecule has 1 aromatic carbocycles. The van der Waals surface area contributed by atoms with Crippen LogP contribution in [0.3, 0.4) is 0 Å². The molecule has 1 aromatic rings. The van der Waals surface area contributed by atoms with E-state index in [-0.39, 0.29) is 18.1 Å². The zero-order valence-electron chi connectivity index (χ0n) is 11.5. The molecular weight excluding hydrogens is 294 g/mol. The molecule has 1 saturated heterocycles. The highest BCUT2D eigenvalue weighted by Crippen LogP contribution is 2.21. The van der Waals surface area contributed by atoms with Gasteiger partial charge in [-0.05, 0) is 0 Å². The molecule has 0 N–H and O–H groups in total. The van der Waals surface area contributed by atoms with Crippen molar-refractivity contribution in [2.45, 2.75) is 12.3 Å². The van der Waals surface area contributed by atoms with Crippen molar-refractivity contribution >= 4 is 27.4 Å². The minimum atomic E-state index is -3.15. The first-order chi connectivity index (χ1) is 9.54. The van der Waals surface area contributed by atoms with Gasteiger partial charge in [-0.3, -0.25) is 9.69 Å². The summed E-state index contributed by atoms with van der Waals surface area (Å²) < 4.78 is 24.2. The highest BCUT2D eigenvalue weighted by Gasteiger charge is 2.33. The lowest BCUT2D eigenvalue weighted by Gasteiger charge is -2.34. The molecule has 0 saturated carbocycles. The molecule has 1 aliphatic rings. The van der Waals surface area contributed by atoms with Crippen molar-refractivity contribution in [2.24, 2.45) is 0 Å². The van der Waals surface area contributed by atoms with E-state index in [0.29, 0.717) is 17.9 Å². The van der Waals surface area contributed by atoms with Gasteiger partial charge in [-0.1, -0.05) is 37.3 Å². The topological polar surface area (TPSA) is 54.5 Å². The Kier molecular flexibility index (Phi) is 5.23. The summed E-state index contributed by atoms with van der Waals surface area (Å²) in [6, 6.07) is 9.03. The number of ketones is 1. The Morgan fingerprint density at radius 3 is 2.70 bits per heavy atom. The number of carbonyl (C=O) groups is 1. The number of Topliss-reactive ketones (excluding diaryl/α,β-unsaturated/α-hetero) is 1. The molecule has 1 atom stereocenters. The van der Waals surface area contributed by atoms with Gasteiger partial charge in [0.05, 0.1) is 6.54 Å². The molecule has 0 radical (unpaired) electrons. The van der Waals surface area contributed by atoms with Gasteiger partial charge in [-0.25, -0.2) is 8.42 Å². The first-order valence-electron chi connectivity index (χ1n) is 6.66. The third kappa shape index (κ3) is 3.62. The number of benzene rings is 1. The molecule has 0 aromatic heterocycles. The van der Waals surface area contributed by atoms with Gasteiger partial charge in [-0.15, -0.1) is 0 Å². The van der Waals surface area contributed by atoms with Crippen molar-refractivity contribution in [3.63, 3.8) is 0 Å². The summed E-state index contributed by atoms with van der Waals surface area (Å²) in [5.74, 6) is 1.53. The second kappa shape index (κ2) is 6.74. The standard InChI is InChI=1S/C14H19NO3S2/c1-2-20(17,18)14-11-19-9-8-15(14)10-13(16)12-6-4-3-5-7-12/h3-7,14H,2,8-11H2,1H3. The van der Waals surface area contributed by atoms with E-state index < -0.39 is 15.2 Å². The van der Waals surface area contributed by atoms with Crippen molar-refractivity contribution in [2.75, 3.05) is 30.3 Å². The largest absolute Gasteiger partial charge is 0.293 e. The number of hydrogen-bond acceptors (Lipinski definition) is 5. The molecular formula is C14H19NO3S2. The molecule has 0 bridgehead atoms. The summed E-state index contributed by atoms with van der Waals surface area (Å²) in [6.07, 6.45) is 0. The van der Waals surface area contributed by atoms with E-state index in [1.807, 2.05) is 23.1 Å². The predicted molar refractivity (Wildman–Crippen MR) is 82.9 cm³/mol. The smallest absolute Gasteiger partial charge is 0.176 e. The van der Waals surface area contributed by atoms with Gasteiger partial charge in [0.2, 0.25) is 0 Å². The van der Waals surface area contributed by atoms with E-state index in [1.54, 1.807) is 30.8 Å². The fourth-order valence-electron chi connectivity index (χ4n) is 2.22. The van der Waals surface area contributed by atoms with Gasteiger partial charge in [0.15, 0.2) is 15.6 Å². The number of thioether (sulfide) groups is 1. The number of hydrogen-bond donors (Lipinski definition) is 0. The Bertz CT molecular complexity index is 557. The van der Waals surface area contributed by atoms with Crippen LogP contribution in [0.5, 0.6) is 0 Å². The van der Waals surface area contributed by atoms with Crippen LogP contribution < -0.4 is 0 Å². The summed E-state index contributed by atoms with van der Waals surface area (Å²) in [7, 11) is -3.15. The summed E-state index contributed by atoms with van der Waals surface area (Å²) in [6.45, 7) is 2.48. The van der Waals surface area contributed by atoms with Crippen LogP contribution >= 0.6 is 11.8 Å². The van der Waals surface area contributed by atoms with E-state index in [1.165, 1.54) is 0 Å². The summed E-state index contributed by atoms with van der Waals surface area (Å²) in [4.78, 5) is 14.0. The monoisotopic (exact) mass is 313 g/mol. The Labute approximate surface area is 124 Å². The molecule has 1 heterocycles. The molecule has 2 rings (SSSR count). The molecule has 1 unspecified atom stereocenters. The van der Waals surface area contributed by atoms with Gasteiger partial charge in [0, 0.05) is 29.4 Å². The first-order valence-corrected chi connectivity index (χ1v) is 9.53. The lowest BCUT2D eigenvalue weighted by Crippen LogP contribution is -2.49. The van der Waals surface area contributed by atoms with Crippen LogP contribution in [0.25, 0.3) is 0 Å². The molecule has 0 spiro atoms. The average molecular weight is 313 g/mol. The number of nitrogens with zero attached hydrogens (tertiary/aromatic N) is 1. The van der Waals surface area contributed by atoms with E-state index in [4.69, 9.17) is 0 Å². The molecule has 110 valence electrons. The second-order valence-corrected chi connectivity index (χ2v) is 8.34. The Balaban J connectivity index is 2.12. The van der Waals surface area contributed by atoms with Crippen molar-refractivity contribution in [1.82, 2.24) is 4.90 Å². The van der Waals surface area contributed by atoms with Gasteiger partial charge in [0.1, 0.15) is 5.37 Å². The SMILES string of the molecule is CCS(=O)(=O)C1CSCCN1CC(=O)c1ccccc1. The Hall–Kier alpha value is -0.850. The highest BCUT2D eigenvalue weighted by molar-refractivity contribution is 8.01. The fraction of sp³-hybridized carbons (Fsp3) is 0.500. The van der Waals surface area contributed by atoms with Crippen molar-refractivity contribution in [3.8, 4) is 0 Å². The normalized spacial score (nSPS) is 20.8. The molecule has 6 heteroatoms.